The molecule has 0 spiro atoms. The highest BCUT2D eigenvalue weighted by Gasteiger charge is 2.27. The highest BCUT2D eigenvalue weighted by atomic mass is 31.2. The Bertz CT molecular complexity index is 873. The van der Waals surface area contributed by atoms with Crippen LogP contribution in [-0.4, -0.2) is 65.7 Å². The fourth-order valence-electron chi connectivity index (χ4n) is 6.59. The van der Waals surface area contributed by atoms with E-state index in [1.165, 1.54) is 148 Å². The Morgan fingerprint density at radius 3 is 0.870 bits per heavy atom. The summed E-state index contributed by atoms with van der Waals surface area (Å²) in [5.74, 6) is -1.01. The van der Waals surface area contributed by atoms with Gasteiger partial charge in [0.1, 0.15) is 12.2 Å². The van der Waals surface area contributed by atoms with Crippen molar-refractivity contribution in [1.29, 1.82) is 0 Å². The van der Waals surface area contributed by atoms with Crippen molar-refractivity contribution in [1.82, 2.24) is 0 Å². The average molecular weight is 793 g/mol. The third kappa shape index (κ3) is 37.9. The van der Waals surface area contributed by atoms with Gasteiger partial charge in [-0.25, -0.2) is 4.57 Å². The van der Waals surface area contributed by atoms with Crippen LogP contribution in [0, 0.1) is 0 Å². The van der Waals surface area contributed by atoms with E-state index in [1.807, 2.05) is 0 Å². The third-order valence-corrected chi connectivity index (χ3v) is 11.0. The molecule has 0 amide bonds. The highest BCUT2D eigenvalue weighted by Crippen LogP contribution is 2.43. The molecule has 0 aliphatic rings. The number of esters is 2. The summed E-state index contributed by atoms with van der Waals surface area (Å²) in [6, 6.07) is 0. The van der Waals surface area contributed by atoms with Gasteiger partial charge in [0.25, 0.3) is 0 Å². The van der Waals surface area contributed by atoms with Crippen LogP contribution in [0.5, 0.6) is 0 Å². The van der Waals surface area contributed by atoms with Crippen molar-refractivity contribution in [2.45, 2.75) is 238 Å². The number of aliphatic hydroxyl groups excluding tert-OH is 2. The molecule has 0 aromatic rings. The van der Waals surface area contributed by atoms with Crippen LogP contribution in [-0.2, 0) is 32.7 Å². The number of phosphoric acid groups is 1. The Morgan fingerprint density at radius 2 is 0.648 bits per heavy atom. The van der Waals surface area contributed by atoms with E-state index in [-0.39, 0.29) is 12.8 Å². The number of aliphatic hydroxyl groups is 2. The largest absolute Gasteiger partial charge is 0.472 e. The average Bonchev–Trinajstić information content (AvgIpc) is 3.16. The lowest BCUT2D eigenvalue weighted by atomic mass is 10.0. The van der Waals surface area contributed by atoms with Crippen molar-refractivity contribution >= 4 is 19.8 Å². The molecule has 0 fully saturated rings. The molecule has 3 N–H and O–H groups in total. The van der Waals surface area contributed by atoms with Crippen molar-refractivity contribution in [3.63, 3.8) is 0 Å². The van der Waals surface area contributed by atoms with Crippen LogP contribution in [0.1, 0.15) is 226 Å². The van der Waals surface area contributed by atoms with E-state index < -0.39 is 58.4 Å². The molecule has 0 bridgehead atoms. The zero-order valence-corrected chi connectivity index (χ0v) is 35.9. The Morgan fingerprint density at radius 1 is 0.426 bits per heavy atom. The number of phosphoric ester groups is 1. The summed E-state index contributed by atoms with van der Waals surface area (Å²) in [5, 5.41) is 19.2. The predicted molar refractivity (Wildman–Crippen MR) is 219 cm³/mol. The summed E-state index contributed by atoms with van der Waals surface area (Å²) in [6.45, 7) is 2.24. The lowest BCUT2D eigenvalue weighted by Gasteiger charge is -2.20. The minimum atomic E-state index is -4.63. The minimum Gasteiger partial charge on any atom is -0.457 e. The molecule has 3 atom stereocenters. The molecule has 0 aliphatic heterocycles. The van der Waals surface area contributed by atoms with Crippen molar-refractivity contribution in [2.24, 2.45) is 0 Å². The Labute approximate surface area is 331 Å². The lowest BCUT2D eigenvalue weighted by molar-refractivity contribution is -0.153. The van der Waals surface area contributed by atoms with Gasteiger partial charge in [-0.2, -0.15) is 0 Å². The Hall–Kier alpha value is -1.03. The van der Waals surface area contributed by atoms with Gasteiger partial charge in [-0.05, 0) is 12.8 Å². The maximum Gasteiger partial charge on any atom is 0.472 e. The molecule has 0 radical (unpaired) electrons. The first-order valence-electron chi connectivity index (χ1n) is 22.5. The normalized spacial score (nSPS) is 13.8. The Balaban J connectivity index is 3.84. The van der Waals surface area contributed by atoms with Crippen molar-refractivity contribution in [3.8, 4) is 0 Å². The van der Waals surface area contributed by atoms with Gasteiger partial charge >= 0.3 is 19.8 Å². The van der Waals surface area contributed by atoms with Gasteiger partial charge in [0.15, 0.2) is 0 Å². The second-order valence-corrected chi connectivity index (χ2v) is 16.9. The molecule has 0 aliphatic carbocycles. The second-order valence-electron chi connectivity index (χ2n) is 15.4. The summed E-state index contributed by atoms with van der Waals surface area (Å²) in [4.78, 5) is 34.5. The van der Waals surface area contributed by atoms with Crippen LogP contribution in [0.25, 0.3) is 0 Å². The fourth-order valence-corrected chi connectivity index (χ4v) is 7.37. The number of carbonyl (C=O) groups excluding carboxylic acids is 2. The van der Waals surface area contributed by atoms with Gasteiger partial charge in [0, 0.05) is 12.8 Å². The molecule has 10 nitrogen and oxygen atoms in total. The number of carbonyl (C=O) groups is 2. The first-order chi connectivity index (χ1) is 26.3. The monoisotopic (exact) mass is 793 g/mol. The molecule has 0 rings (SSSR count). The topological polar surface area (TPSA) is 149 Å². The van der Waals surface area contributed by atoms with E-state index in [0.717, 1.165) is 38.5 Å². The van der Waals surface area contributed by atoms with Crippen LogP contribution in [0.3, 0.4) is 0 Å². The SMILES string of the molecule is CCCCCCCCCCCCCCCCCCCCCC(=O)OC(CO)COP(=O)(O)OCC(CO)OC(=O)CCCCCCCCCCCCCC. The summed E-state index contributed by atoms with van der Waals surface area (Å²) in [5.41, 5.74) is 0. The number of unbranched alkanes of at least 4 members (excludes halogenated alkanes) is 29. The number of ether oxygens (including phenoxy) is 2. The van der Waals surface area contributed by atoms with Crippen LogP contribution < -0.4 is 0 Å². The summed E-state index contributed by atoms with van der Waals surface area (Å²) >= 11 is 0. The van der Waals surface area contributed by atoms with E-state index in [2.05, 4.69) is 13.8 Å². The Kier molecular flexibility index (Phi) is 39.4. The molecule has 0 saturated carbocycles. The fraction of sp³-hybridized carbons (Fsp3) is 0.953. The maximum absolute atomic E-state index is 12.4. The van der Waals surface area contributed by atoms with Crippen LogP contribution >= 0.6 is 7.82 Å². The van der Waals surface area contributed by atoms with E-state index in [9.17, 15) is 29.3 Å². The number of rotatable bonds is 43. The maximum atomic E-state index is 12.4. The zero-order chi connectivity index (χ0) is 39.8. The number of hydrogen-bond donors (Lipinski definition) is 3. The summed E-state index contributed by atoms with van der Waals surface area (Å²) in [7, 11) is -4.63. The molecule has 0 aromatic carbocycles. The van der Waals surface area contributed by atoms with Crippen LogP contribution in [0.2, 0.25) is 0 Å². The first kappa shape index (κ1) is 53.0. The molecular formula is C43H85O10P. The number of hydrogen-bond acceptors (Lipinski definition) is 9. The van der Waals surface area contributed by atoms with Gasteiger partial charge in [-0.3, -0.25) is 18.6 Å². The molecule has 54 heavy (non-hydrogen) atoms. The smallest absolute Gasteiger partial charge is 0.457 e. The molecule has 0 heterocycles. The molecule has 0 aromatic heterocycles. The van der Waals surface area contributed by atoms with Gasteiger partial charge in [0.05, 0.1) is 26.4 Å². The van der Waals surface area contributed by atoms with E-state index in [1.54, 1.807) is 0 Å². The van der Waals surface area contributed by atoms with E-state index in [0.29, 0.717) is 12.8 Å². The highest BCUT2D eigenvalue weighted by molar-refractivity contribution is 7.47. The van der Waals surface area contributed by atoms with Gasteiger partial charge in [0.2, 0.25) is 0 Å². The second kappa shape index (κ2) is 40.2. The first-order valence-corrected chi connectivity index (χ1v) is 24.0. The summed E-state index contributed by atoms with van der Waals surface area (Å²) in [6.07, 6.45) is 36.5. The van der Waals surface area contributed by atoms with E-state index >= 15 is 0 Å². The van der Waals surface area contributed by atoms with Crippen LogP contribution in [0.15, 0.2) is 0 Å². The predicted octanol–water partition coefficient (Wildman–Crippen LogP) is 11.8. The third-order valence-electron chi connectivity index (χ3n) is 10.1. The van der Waals surface area contributed by atoms with Crippen molar-refractivity contribution in [3.05, 3.63) is 0 Å². The van der Waals surface area contributed by atoms with Gasteiger partial charge in [-0.15, -0.1) is 0 Å². The molecule has 3 unspecified atom stereocenters. The van der Waals surface area contributed by atoms with Crippen molar-refractivity contribution in [2.75, 3.05) is 26.4 Å². The minimum absolute atomic E-state index is 0.199. The van der Waals surface area contributed by atoms with Crippen LogP contribution in [0.4, 0.5) is 0 Å². The molecule has 322 valence electrons. The van der Waals surface area contributed by atoms with Gasteiger partial charge in [-0.1, -0.05) is 200 Å². The quantitative estimate of drug-likeness (QED) is 0.0309. The lowest BCUT2D eigenvalue weighted by Crippen LogP contribution is -2.28. The molecular weight excluding hydrogens is 707 g/mol. The standard InChI is InChI=1S/C43H85O10P/c1-3-5-7-9-11-13-15-17-18-19-20-21-22-23-25-27-29-31-33-35-43(47)53-41(37-45)39-51-54(48,49)50-38-40(36-44)52-42(46)34-32-30-28-26-24-16-14-12-10-8-6-4-2/h40-41,44-45H,3-39H2,1-2H3,(H,48,49). The molecule has 0 saturated heterocycles. The zero-order valence-electron chi connectivity index (χ0n) is 35.0. The molecule has 11 heteroatoms. The summed E-state index contributed by atoms with van der Waals surface area (Å²) < 4.78 is 32.6. The van der Waals surface area contributed by atoms with Crippen molar-refractivity contribution < 1.29 is 47.8 Å². The van der Waals surface area contributed by atoms with E-state index in [4.69, 9.17) is 18.5 Å². The van der Waals surface area contributed by atoms with Gasteiger partial charge < -0.3 is 24.6 Å².